The summed E-state index contributed by atoms with van der Waals surface area (Å²) in [6.07, 6.45) is -3.27. The molecular weight excluding hydrogens is 375 g/mol. The summed E-state index contributed by atoms with van der Waals surface area (Å²) in [4.78, 5) is 17.7. The van der Waals surface area contributed by atoms with Crippen molar-refractivity contribution in [1.29, 1.82) is 0 Å². The number of alkyl halides is 3. The van der Waals surface area contributed by atoms with E-state index in [0.29, 0.717) is 19.5 Å². The number of likely N-dealkylation sites (tertiary alicyclic amines) is 1. The third-order valence-corrected chi connectivity index (χ3v) is 4.38. The molecule has 1 saturated heterocycles. The fourth-order valence-corrected chi connectivity index (χ4v) is 2.86. The van der Waals surface area contributed by atoms with Crippen LogP contribution in [0.15, 0.2) is 42.6 Å². The second kappa shape index (κ2) is 8.37. The lowest BCUT2D eigenvalue weighted by atomic mass is 10.2. The van der Waals surface area contributed by atoms with E-state index in [9.17, 15) is 18.0 Å². The molecule has 1 unspecified atom stereocenters. The molecule has 3 rings (SSSR count). The van der Waals surface area contributed by atoms with Crippen LogP contribution in [0.2, 0.25) is 0 Å². The minimum absolute atomic E-state index is 0.0969. The molecule has 1 aromatic carbocycles. The molecule has 28 heavy (non-hydrogen) atoms. The maximum atomic E-state index is 12.8. The molecule has 1 aromatic heterocycles. The number of methoxy groups -OCH3 is 1. The van der Waals surface area contributed by atoms with E-state index < -0.39 is 17.8 Å². The maximum absolute atomic E-state index is 12.8. The Kier molecular flexibility index (Phi) is 5.91. The second-order valence-corrected chi connectivity index (χ2v) is 6.36. The van der Waals surface area contributed by atoms with Crippen LogP contribution >= 0.6 is 0 Å². The van der Waals surface area contributed by atoms with E-state index in [2.05, 4.69) is 10.3 Å². The van der Waals surface area contributed by atoms with Gasteiger partial charge >= 0.3 is 12.2 Å². The van der Waals surface area contributed by atoms with Crippen molar-refractivity contribution in [3.8, 4) is 11.6 Å². The summed E-state index contributed by atoms with van der Waals surface area (Å²) in [5, 5.41) is 2.82. The van der Waals surface area contributed by atoms with Crippen molar-refractivity contribution < 1.29 is 27.4 Å². The Morgan fingerprint density at radius 1 is 1.29 bits per heavy atom. The van der Waals surface area contributed by atoms with E-state index >= 15 is 0 Å². The van der Waals surface area contributed by atoms with Crippen molar-refractivity contribution in [2.45, 2.75) is 25.2 Å². The Labute approximate surface area is 160 Å². The summed E-state index contributed by atoms with van der Waals surface area (Å²) < 4.78 is 48.9. The number of rotatable bonds is 5. The van der Waals surface area contributed by atoms with Crippen LogP contribution in [0, 0.1) is 0 Å². The molecule has 1 aliphatic rings. The lowest BCUT2D eigenvalue weighted by molar-refractivity contribution is -0.137. The number of amides is 2. The molecule has 1 aliphatic heterocycles. The van der Waals surface area contributed by atoms with Crippen molar-refractivity contribution in [1.82, 2.24) is 15.2 Å². The van der Waals surface area contributed by atoms with Crippen LogP contribution in [-0.4, -0.2) is 42.2 Å². The Morgan fingerprint density at radius 3 is 2.71 bits per heavy atom. The van der Waals surface area contributed by atoms with Crippen LogP contribution < -0.4 is 14.8 Å². The van der Waals surface area contributed by atoms with E-state index in [4.69, 9.17) is 9.47 Å². The second-order valence-electron chi connectivity index (χ2n) is 6.36. The van der Waals surface area contributed by atoms with Crippen molar-refractivity contribution >= 4 is 6.03 Å². The van der Waals surface area contributed by atoms with Gasteiger partial charge in [0.2, 0.25) is 5.88 Å². The number of carbonyl (C=O) groups excluding carboxylic acids is 1. The normalized spacial score (nSPS) is 16.7. The number of benzene rings is 1. The Bertz CT molecular complexity index is 812. The molecule has 0 radical (unpaired) electrons. The quantitative estimate of drug-likeness (QED) is 0.842. The summed E-state index contributed by atoms with van der Waals surface area (Å²) in [6.45, 7) is 1.10. The molecule has 0 saturated carbocycles. The highest BCUT2D eigenvalue weighted by molar-refractivity contribution is 5.74. The Hall–Kier alpha value is -2.97. The number of halogens is 3. The third kappa shape index (κ3) is 5.05. The van der Waals surface area contributed by atoms with Gasteiger partial charge in [0, 0.05) is 31.8 Å². The summed E-state index contributed by atoms with van der Waals surface area (Å²) in [7, 11) is 1.58. The molecule has 0 aliphatic carbocycles. The van der Waals surface area contributed by atoms with E-state index in [1.54, 1.807) is 12.0 Å². The van der Waals surface area contributed by atoms with Crippen LogP contribution in [0.5, 0.6) is 11.6 Å². The predicted molar refractivity (Wildman–Crippen MR) is 95.1 cm³/mol. The van der Waals surface area contributed by atoms with Crippen molar-refractivity contribution in [3.05, 3.63) is 53.7 Å². The number of nitrogens with zero attached hydrogens (tertiary/aromatic N) is 2. The topological polar surface area (TPSA) is 63.7 Å². The Morgan fingerprint density at radius 2 is 2.04 bits per heavy atom. The van der Waals surface area contributed by atoms with Gasteiger partial charge in [-0.1, -0.05) is 12.1 Å². The van der Waals surface area contributed by atoms with Crippen LogP contribution in [0.3, 0.4) is 0 Å². The first-order valence-electron chi connectivity index (χ1n) is 8.71. The molecule has 1 atom stereocenters. The number of pyridine rings is 1. The third-order valence-electron chi connectivity index (χ3n) is 4.38. The molecule has 6 nitrogen and oxygen atoms in total. The van der Waals surface area contributed by atoms with Gasteiger partial charge in [0.05, 0.1) is 19.2 Å². The first-order chi connectivity index (χ1) is 13.3. The highest BCUT2D eigenvalue weighted by atomic mass is 19.4. The zero-order chi connectivity index (χ0) is 20.1. The van der Waals surface area contributed by atoms with Crippen LogP contribution in [0.1, 0.15) is 17.5 Å². The Balaban J connectivity index is 1.50. The number of hydrogen-bond acceptors (Lipinski definition) is 4. The molecule has 1 N–H and O–H groups in total. The predicted octanol–water partition coefficient (Wildman–Crippen LogP) is 3.47. The van der Waals surface area contributed by atoms with Crippen molar-refractivity contribution in [2.24, 2.45) is 0 Å². The molecule has 150 valence electrons. The molecule has 2 heterocycles. The fourth-order valence-electron chi connectivity index (χ4n) is 2.86. The van der Waals surface area contributed by atoms with Gasteiger partial charge in [-0.25, -0.2) is 9.78 Å². The fraction of sp³-hybridized carbons (Fsp3) is 0.368. The van der Waals surface area contributed by atoms with Crippen molar-refractivity contribution in [2.75, 3.05) is 20.2 Å². The van der Waals surface area contributed by atoms with Crippen LogP contribution in [-0.2, 0) is 12.7 Å². The summed E-state index contributed by atoms with van der Waals surface area (Å²) in [5.41, 5.74) is 0.110. The lowest BCUT2D eigenvalue weighted by Gasteiger charge is -2.18. The van der Waals surface area contributed by atoms with Gasteiger partial charge in [-0.3, -0.25) is 0 Å². The minimum atomic E-state index is -4.45. The molecule has 0 spiro atoms. The maximum Gasteiger partial charge on any atom is 0.416 e. The number of ether oxygens (including phenoxy) is 2. The van der Waals surface area contributed by atoms with Gasteiger partial charge in [0.15, 0.2) is 0 Å². The number of nitrogens with one attached hydrogen (secondary N) is 1. The molecular formula is C19H20F3N3O3. The average Bonchev–Trinajstić information content (AvgIpc) is 3.14. The number of aromatic nitrogens is 1. The van der Waals surface area contributed by atoms with Gasteiger partial charge in [-0.05, 0) is 23.8 Å². The molecule has 2 amide bonds. The van der Waals surface area contributed by atoms with Crippen LogP contribution in [0.4, 0.5) is 18.0 Å². The largest absolute Gasteiger partial charge is 0.497 e. The van der Waals surface area contributed by atoms with E-state index in [1.165, 1.54) is 0 Å². The van der Waals surface area contributed by atoms with E-state index in [0.717, 1.165) is 29.6 Å². The number of carbonyl (C=O) groups is 1. The minimum Gasteiger partial charge on any atom is -0.497 e. The summed E-state index contributed by atoms with van der Waals surface area (Å²) in [5.74, 6) is 0.637. The molecule has 2 aromatic rings. The molecule has 9 heteroatoms. The summed E-state index contributed by atoms with van der Waals surface area (Å²) >= 11 is 0. The van der Waals surface area contributed by atoms with Gasteiger partial charge in [0.25, 0.3) is 0 Å². The SMILES string of the molecule is COc1ccc(CNC(=O)N2CCC(Oc3cc(C(F)(F)F)ccn3)C2)cc1. The standard InChI is InChI=1S/C19H20F3N3O3/c1-27-15-4-2-13(3-5-15)11-24-18(26)25-9-7-16(12-25)28-17-10-14(6-8-23-17)19(20,21)22/h2-6,8,10,16H,7,9,11-12H2,1H3,(H,24,26). The van der Waals surface area contributed by atoms with E-state index in [-0.39, 0.29) is 18.5 Å². The van der Waals surface area contributed by atoms with Gasteiger partial charge < -0.3 is 19.7 Å². The van der Waals surface area contributed by atoms with Crippen molar-refractivity contribution in [3.63, 3.8) is 0 Å². The average molecular weight is 395 g/mol. The zero-order valence-corrected chi connectivity index (χ0v) is 15.2. The highest BCUT2D eigenvalue weighted by Gasteiger charge is 2.32. The summed E-state index contributed by atoms with van der Waals surface area (Å²) in [6, 6.07) is 8.83. The zero-order valence-electron chi connectivity index (χ0n) is 15.2. The number of urea groups is 1. The van der Waals surface area contributed by atoms with E-state index in [1.807, 2.05) is 24.3 Å². The lowest BCUT2D eigenvalue weighted by Crippen LogP contribution is -2.39. The monoisotopic (exact) mass is 395 g/mol. The van der Waals surface area contributed by atoms with Gasteiger partial charge in [-0.15, -0.1) is 0 Å². The van der Waals surface area contributed by atoms with Gasteiger partial charge in [0.1, 0.15) is 11.9 Å². The highest BCUT2D eigenvalue weighted by Crippen LogP contribution is 2.31. The van der Waals surface area contributed by atoms with Gasteiger partial charge in [-0.2, -0.15) is 13.2 Å². The first kappa shape index (κ1) is 19.8. The number of hydrogen-bond donors (Lipinski definition) is 1. The molecule has 1 fully saturated rings. The molecule has 0 bridgehead atoms. The van der Waals surface area contributed by atoms with Crippen LogP contribution in [0.25, 0.3) is 0 Å². The smallest absolute Gasteiger partial charge is 0.416 e. The first-order valence-corrected chi connectivity index (χ1v) is 8.71.